The number of rotatable bonds is 12. The van der Waals surface area contributed by atoms with Crippen LogP contribution in [0, 0.1) is 5.92 Å². The Balaban J connectivity index is 0.00000576. The van der Waals surface area contributed by atoms with Gasteiger partial charge in [0.2, 0.25) is 0 Å². The average molecular weight is 469 g/mol. The van der Waals surface area contributed by atoms with Crippen LogP contribution in [-0.2, 0) is 9.47 Å². The van der Waals surface area contributed by atoms with Crippen molar-refractivity contribution in [2.45, 2.75) is 70.8 Å². The van der Waals surface area contributed by atoms with E-state index in [1.807, 2.05) is 7.05 Å². The van der Waals surface area contributed by atoms with Crippen molar-refractivity contribution in [3.63, 3.8) is 0 Å². The van der Waals surface area contributed by atoms with E-state index in [0.29, 0.717) is 19.3 Å². The first-order valence-electron chi connectivity index (χ1n) is 9.80. The van der Waals surface area contributed by atoms with Crippen molar-refractivity contribution >= 4 is 29.9 Å². The van der Waals surface area contributed by atoms with Crippen LogP contribution in [-0.4, -0.2) is 52.5 Å². The molecule has 2 N–H and O–H groups in total. The van der Waals surface area contributed by atoms with Crippen molar-refractivity contribution in [2.75, 3.05) is 40.5 Å². The highest BCUT2D eigenvalue weighted by atomic mass is 127. The fourth-order valence-electron chi connectivity index (χ4n) is 3.24. The van der Waals surface area contributed by atoms with Crippen LogP contribution in [0.5, 0.6) is 0 Å². The molecule has 0 radical (unpaired) electrons. The summed E-state index contributed by atoms with van der Waals surface area (Å²) in [5.41, 5.74) is 0. The van der Waals surface area contributed by atoms with Crippen LogP contribution < -0.4 is 10.6 Å². The molecule has 0 bridgehead atoms. The number of unbranched alkanes of at least 4 members (excludes halogenated alkanes) is 1. The number of ether oxygens (including phenoxy) is 2. The number of guanidine groups is 1. The lowest BCUT2D eigenvalue weighted by molar-refractivity contribution is 0.0689. The Morgan fingerprint density at radius 1 is 1.12 bits per heavy atom. The van der Waals surface area contributed by atoms with Gasteiger partial charge in [-0.3, -0.25) is 4.99 Å². The average Bonchev–Trinajstić information content (AvgIpc) is 2.62. The van der Waals surface area contributed by atoms with Crippen LogP contribution in [0.1, 0.15) is 64.7 Å². The van der Waals surface area contributed by atoms with Crippen molar-refractivity contribution in [3.8, 4) is 0 Å². The van der Waals surface area contributed by atoms with E-state index in [0.717, 1.165) is 37.9 Å². The quantitative estimate of drug-likeness (QED) is 0.197. The zero-order chi connectivity index (χ0) is 17.5. The van der Waals surface area contributed by atoms with Crippen molar-refractivity contribution in [2.24, 2.45) is 10.9 Å². The van der Waals surface area contributed by atoms with Crippen LogP contribution >= 0.6 is 24.0 Å². The molecule has 6 heteroatoms. The largest absolute Gasteiger partial charge is 0.382 e. The zero-order valence-corrected chi connectivity index (χ0v) is 18.8. The molecule has 1 saturated carbocycles. The van der Waals surface area contributed by atoms with E-state index in [1.165, 1.54) is 44.9 Å². The Morgan fingerprint density at radius 3 is 2.56 bits per heavy atom. The summed E-state index contributed by atoms with van der Waals surface area (Å²) in [5.74, 6) is 1.88. The first-order chi connectivity index (χ1) is 11.8. The van der Waals surface area contributed by atoms with Gasteiger partial charge in [-0.15, -0.1) is 24.0 Å². The van der Waals surface area contributed by atoms with Gasteiger partial charge in [0.1, 0.15) is 0 Å². The minimum Gasteiger partial charge on any atom is -0.382 e. The summed E-state index contributed by atoms with van der Waals surface area (Å²) >= 11 is 0. The third-order valence-corrected chi connectivity index (χ3v) is 4.78. The van der Waals surface area contributed by atoms with Gasteiger partial charge in [-0.1, -0.05) is 32.1 Å². The van der Waals surface area contributed by atoms with Crippen LogP contribution in [0.25, 0.3) is 0 Å². The first-order valence-corrected chi connectivity index (χ1v) is 9.80. The topological polar surface area (TPSA) is 54.9 Å². The number of methoxy groups -OCH3 is 1. The third kappa shape index (κ3) is 13.7. The minimum atomic E-state index is 0. The van der Waals surface area contributed by atoms with Crippen LogP contribution in [0.2, 0.25) is 0 Å². The maximum Gasteiger partial charge on any atom is 0.191 e. The molecule has 1 aliphatic carbocycles. The van der Waals surface area contributed by atoms with E-state index in [2.05, 4.69) is 22.5 Å². The summed E-state index contributed by atoms with van der Waals surface area (Å²) in [6.45, 7) is 5.36. The monoisotopic (exact) mass is 469 g/mol. The van der Waals surface area contributed by atoms with Gasteiger partial charge in [-0.05, 0) is 38.5 Å². The molecule has 0 amide bonds. The van der Waals surface area contributed by atoms with Crippen LogP contribution in [0.3, 0.4) is 0 Å². The van der Waals surface area contributed by atoms with Crippen molar-refractivity contribution in [3.05, 3.63) is 0 Å². The lowest BCUT2D eigenvalue weighted by Gasteiger charge is -2.24. The Hall–Kier alpha value is -0.0800. The summed E-state index contributed by atoms with van der Waals surface area (Å²) in [4.78, 5) is 4.33. The second-order valence-corrected chi connectivity index (χ2v) is 6.94. The molecule has 1 atom stereocenters. The first kappa shape index (κ1) is 24.9. The summed E-state index contributed by atoms with van der Waals surface area (Å²) < 4.78 is 10.4. The van der Waals surface area contributed by atoms with Crippen LogP contribution in [0.15, 0.2) is 4.99 Å². The summed E-state index contributed by atoms with van der Waals surface area (Å²) in [6.07, 6.45) is 11.9. The second-order valence-electron chi connectivity index (χ2n) is 6.94. The molecule has 0 spiro atoms. The predicted molar refractivity (Wildman–Crippen MR) is 117 cm³/mol. The molecule has 0 aromatic rings. The van der Waals surface area contributed by atoms with Gasteiger partial charge in [-0.25, -0.2) is 0 Å². The molecule has 150 valence electrons. The smallest absolute Gasteiger partial charge is 0.191 e. The summed E-state index contributed by atoms with van der Waals surface area (Å²) in [7, 11) is 3.54. The standard InChI is InChI=1S/C19H39N3O2.HI/c1-17(11-12-18-9-5-4-6-10-18)22-19(20-2)21-13-7-8-14-24-16-15-23-3;/h17-18H,4-16H2,1-3H3,(H2,20,21,22);1H. The molecule has 1 rings (SSSR count). The van der Waals surface area contributed by atoms with E-state index in [-0.39, 0.29) is 24.0 Å². The van der Waals surface area contributed by atoms with Crippen molar-refractivity contribution < 1.29 is 9.47 Å². The molecule has 0 aliphatic heterocycles. The molecule has 0 heterocycles. The van der Waals surface area contributed by atoms with E-state index in [4.69, 9.17) is 9.47 Å². The highest BCUT2D eigenvalue weighted by molar-refractivity contribution is 14.0. The van der Waals surface area contributed by atoms with Gasteiger partial charge < -0.3 is 20.1 Å². The highest BCUT2D eigenvalue weighted by Gasteiger charge is 2.14. The predicted octanol–water partition coefficient (Wildman–Crippen LogP) is 3.96. The fourth-order valence-corrected chi connectivity index (χ4v) is 3.24. The second kappa shape index (κ2) is 17.3. The molecule has 0 aromatic carbocycles. The lowest BCUT2D eigenvalue weighted by atomic mass is 9.85. The van der Waals surface area contributed by atoms with E-state index >= 15 is 0 Å². The third-order valence-electron chi connectivity index (χ3n) is 4.78. The molecule has 1 fully saturated rings. The van der Waals surface area contributed by atoms with Gasteiger partial charge in [-0.2, -0.15) is 0 Å². The summed E-state index contributed by atoms with van der Waals surface area (Å²) in [5, 5.41) is 6.92. The van der Waals surface area contributed by atoms with Gasteiger partial charge in [0.25, 0.3) is 0 Å². The fraction of sp³-hybridized carbons (Fsp3) is 0.947. The molecular formula is C19H40IN3O2. The molecular weight excluding hydrogens is 429 g/mol. The van der Waals surface area contributed by atoms with Crippen molar-refractivity contribution in [1.29, 1.82) is 0 Å². The molecule has 5 nitrogen and oxygen atoms in total. The summed E-state index contributed by atoms with van der Waals surface area (Å²) in [6, 6.07) is 0.482. The maximum absolute atomic E-state index is 5.46. The minimum absolute atomic E-state index is 0. The number of nitrogens with zero attached hydrogens (tertiary/aromatic N) is 1. The number of aliphatic imine (C=N–C) groups is 1. The molecule has 0 saturated heterocycles. The number of hydrogen-bond donors (Lipinski definition) is 2. The van der Waals surface area contributed by atoms with E-state index in [1.54, 1.807) is 7.11 Å². The van der Waals surface area contributed by atoms with Gasteiger partial charge >= 0.3 is 0 Å². The van der Waals surface area contributed by atoms with Crippen molar-refractivity contribution in [1.82, 2.24) is 10.6 Å². The van der Waals surface area contributed by atoms with E-state index in [9.17, 15) is 0 Å². The van der Waals surface area contributed by atoms with Gasteiger partial charge in [0.05, 0.1) is 13.2 Å². The molecule has 1 unspecified atom stereocenters. The number of nitrogens with one attached hydrogen (secondary N) is 2. The highest BCUT2D eigenvalue weighted by Crippen LogP contribution is 2.27. The van der Waals surface area contributed by atoms with Crippen LogP contribution in [0.4, 0.5) is 0 Å². The molecule has 1 aliphatic rings. The number of hydrogen-bond acceptors (Lipinski definition) is 3. The normalized spacial score (nSPS) is 17.0. The maximum atomic E-state index is 5.46. The Labute approximate surface area is 172 Å². The van der Waals surface area contributed by atoms with E-state index < -0.39 is 0 Å². The molecule has 0 aromatic heterocycles. The molecule has 25 heavy (non-hydrogen) atoms. The lowest BCUT2D eigenvalue weighted by Crippen LogP contribution is -2.42. The Morgan fingerprint density at radius 2 is 1.88 bits per heavy atom. The number of halogens is 1. The van der Waals surface area contributed by atoms with Gasteiger partial charge in [0, 0.05) is 33.4 Å². The zero-order valence-electron chi connectivity index (χ0n) is 16.5. The SMILES string of the molecule is CN=C(NCCCCOCCOC)NC(C)CCC1CCCCC1.I. The van der Waals surface area contributed by atoms with Gasteiger partial charge in [0.15, 0.2) is 5.96 Å². The Kier molecular flexibility index (Phi) is 17.3. The Bertz CT molecular complexity index is 324.